The van der Waals surface area contributed by atoms with E-state index in [1.54, 1.807) is 0 Å². The van der Waals surface area contributed by atoms with Crippen molar-refractivity contribution in [3.05, 3.63) is 29.8 Å². The normalized spacial score (nSPS) is 18.1. The van der Waals surface area contributed by atoms with Gasteiger partial charge in [-0.05, 0) is 29.5 Å². The Balaban J connectivity index is 1.77. The van der Waals surface area contributed by atoms with Crippen molar-refractivity contribution in [2.75, 3.05) is 19.7 Å². The van der Waals surface area contributed by atoms with Gasteiger partial charge in [-0.25, -0.2) is 0 Å². The van der Waals surface area contributed by atoms with Gasteiger partial charge in [0.1, 0.15) is 12.4 Å². The Bertz CT molecular complexity index is 517. The molecule has 112 valence electrons. The average molecular weight is 286 g/mol. The first-order chi connectivity index (χ1) is 10.1. The van der Waals surface area contributed by atoms with E-state index < -0.39 is 0 Å². The molecule has 0 aromatic heterocycles. The summed E-state index contributed by atoms with van der Waals surface area (Å²) >= 11 is 0. The molecule has 1 unspecified atom stereocenters. The molecule has 1 fully saturated rings. The van der Waals surface area contributed by atoms with E-state index in [4.69, 9.17) is 10.00 Å². The molecule has 0 aliphatic carbocycles. The Kier molecular flexibility index (Phi) is 5.21. The average Bonchev–Trinajstić information content (AvgIpc) is 2.83. The van der Waals surface area contributed by atoms with Crippen LogP contribution >= 0.6 is 0 Å². The van der Waals surface area contributed by atoms with E-state index >= 15 is 0 Å². The number of amides is 1. The summed E-state index contributed by atoms with van der Waals surface area (Å²) in [5.74, 6) is 2.04. The molecule has 1 saturated heterocycles. The van der Waals surface area contributed by atoms with Crippen molar-refractivity contribution in [3.8, 4) is 11.8 Å². The van der Waals surface area contributed by atoms with E-state index in [1.165, 1.54) is 0 Å². The molecule has 1 aromatic carbocycles. The number of nitriles is 1. The van der Waals surface area contributed by atoms with Crippen molar-refractivity contribution in [2.45, 2.75) is 26.7 Å². The fraction of sp³-hybridized carbons (Fsp3) is 0.529. The third-order valence-electron chi connectivity index (χ3n) is 4.02. The van der Waals surface area contributed by atoms with Gasteiger partial charge in [-0.15, -0.1) is 0 Å². The summed E-state index contributed by atoms with van der Waals surface area (Å²) in [6, 6.07) is 9.65. The van der Waals surface area contributed by atoms with Gasteiger partial charge in [0.05, 0.1) is 19.0 Å². The summed E-state index contributed by atoms with van der Waals surface area (Å²) in [6.07, 6.45) is 1.08. The second-order valence-corrected chi connectivity index (χ2v) is 5.88. The fourth-order valence-electron chi connectivity index (χ4n) is 2.53. The maximum Gasteiger partial charge on any atom is 0.223 e. The van der Waals surface area contributed by atoms with Gasteiger partial charge in [0.15, 0.2) is 0 Å². The number of rotatable bonds is 6. The van der Waals surface area contributed by atoms with E-state index in [0.29, 0.717) is 37.8 Å². The Morgan fingerprint density at radius 2 is 2.10 bits per heavy atom. The molecule has 0 N–H and O–H groups in total. The second kappa shape index (κ2) is 7.12. The molecule has 0 bridgehead atoms. The van der Waals surface area contributed by atoms with Crippen LogP contribution in [-0.2, 0) is 11.2 Å². The zero-order valence-corrected chi connectivity index (χ0v) is 12.7. The van der Waals surface area contributed by atoms with Gasteiger partial charge in [-0.2, -0.15) is 5.26 Å². The molecule has 4 nitrogen and oxygen atoms in total. The van der Waals surface area contributed by atoms with Crippen LogP contribution in [0.4, 0.5) is 0 Å². The topological polar surface area (TPSA) is 53.3 Å². The molecule has 2 rings (SSSR count). The highest BCUT2D eigenvalue weighted by Crippen LogP contribution is 2.24. The first kappa shape index (κ1) is 15.4. The lowest BCUT2D eigenvalue weighted by molar-refractivity contribution is -0.128. The summed E-state index contributed by atoms with van der Waals surface area (Å²) in [5, 5.41) is 8.62. The molecule has 1 aromatic rings. The van der Waals surface area contributed by atoms with Gasteiger partial charge >= 0.3 is 0 Å². The third kappa shape index (κ3) is 4.22. The molecule has 1 atom stereocenters. The van der Waals surface area contributed by atoms with Crippen molar-refractivity contribution in [2.24, 2.45) is 11.8 Å². The molecule has 1 aliphatic heterocycles. The summed E-state index contributed by atoms with van der Waals surface area (Å²) < 4.78 is 5.67. The minimum Gasteiger partial charge on any atom is -0.492 e. The van der Waals surface area contributed by atoms with Crippen LogP contribution in [0.25, 0.3) is 0 Å². The van der Waals surface area contributed by atoms with Gasteiger partial charge < -0.3 is 9.64 Å². The predicted molar refractivity (Wildman–Crippen MR) is 80.8 cm³/mol. The number of hydrogen-bond donors (Lipinski definition) is 0. The second-order valence-electron chi connectivity index (χ2n) is 5.88. The van der Waals surface area contributed by atoms with Crippen LogP contribution in [-0.4, -0.2) is 30.5 Å². The van der Waals surface area contributed by atoms with Crippen LogP contribution in [0.2, 0.25) is 0 Å². The Hall–Kier alpha value is -2.02. The van der Waals surface area contributed by atoms with Crippen LogP contribution in [0.5, 0.6) is 5.75 Å². The number of carbonyl (C=O) groups excluding carboxylic acids is 1. The number of hydrogen-bond acceptors (Lipinski definition) is 3. The van der Waals surface area contributed by atoms with E-state index in [2.05, 4.69) is 19.9 Å². The van der Waals surface area contributed by atoms with Crippen LogP contribution in [0.15, 0.2) is 24.3 Å². The van der Waals surface area contributed by atoms with Gasteiger partial charge in [0.25, 0.3) is 0 Å². The summed E-state index contributed by atoms with van der Waals surface area (Å²) in [5.41, 5.74) is 0.986. The van der Waals surface area contributed by atoms with Crippen LogP contribution in [0.3, 0.4) is 0 Å². The number of nitrogens with zero attached hydrogens (tertiary/aromatic N) is 2. The molecule has 0 spiro atoms. The van der Waals surface area contributed by atoms with E-state index in [9.17, 15) is 4.79 Å². The Labute approximate surface area is 126 Å². The quantitative estimate of drug-likeness (QED) is 0.808. The Morgan fingerprint density at radius 1 is 1.38 bits per heavy atom. The first-order valence-electron chi connectivity index (χ1n) is 7.46. The largest absolute Gasteiger partial charge is 0.492 e. The summed E-state index contributed by atoms with van der Waals surface area (Å²) in [7, 11) is 0. The van der Waals surface area contributed by atoms with Crippen molar-refractivity contribution < 1.29 is 9.53 Å². The van der Waals surface area contributed by atoms with E-state index in [-0.39, 0.29) is 5.91 Å². The van der Waals surface area contributed by atoms with Crippen LogP contribution in [0.1, 0.15) is 25.8 Å². The lowest BCUT2D eigenvalue weighted by Gasteiger charge is -2.18. The van der Waals surface area contributed by atoms with Gasteiger partial charge in [0.2, 0.25) is 5.91 Å². The summed E-state index contributed by atoms with van der Waals surface area (Å²) in [4.78, 5) is 13.8. The van der Waals surface area contributed by atoms with Crippen LogP contribution < -0.4 is 4.74 Å². The minimum atomic E-state index is 0.238. The number of benzene rings is 1. The zero-order valence-electron chi connectivity index (χ0n) is 12.7. The highest BCUT2D eigenvalue weighted by atomic mass is 16.5. The minimum absolute atomic E-state index is 0.238. The molecule has 21 heavy (non-hydrogen) atoms. The van der Waals surface area contributed by atoms with E-state index in [0.717, 1.165) is 17.9 Å². The highest BCUT2D eigenvalue weighted by molar-refractivity contribution is 5.78. The summed E-state index contributed by atoms with van der Waals surface area (Å²) in [6.45, 7) is 6.33. The maximum absolute atomic E-state index is 11.9. The standard InChI is InChI=1S/C17H22N2O2/c1-13(2)15-11-17(20)19(12-15)9-10-21-16-5-3-14(4-6-16)7-8-18/h3-6,13,15H,7,9-12H2,1-2H3. The molecule has 1 aliphatic rings. The number of carbonyl (C=O) groups is 1. The smallest absolute Gasteiger partial charge is 0.223 e. The SMILES string of the molecule is CC(C)C1CC(=O)N(CCOc2ccc(CC#N)cc2)C1. The van der Waals surface area contributed by atoms with E-state index in [1.807, 2.05) is 29.2 Å². The van der Waals surface area contributed by atoms with Crippen molar-refractivity contribution in [1.29, 1.82) is 5.26 Å². The third-order valence-corrected chi connectivity index (χ3v) is 4.02. The maximum atomic E-state index is 11.9. The number of ether oxygens (including phenoxy) is 1. The molecular formula is C17H22N2O2. The van der Waals surface area contributed by atoms with Crippen molar-refractivity contribution in [1.82, 2.24) is 4.90 Å². The molecule has 0 saturated carbocycles. The molecule has 1 amide bonds. The van der Waals surface area contributed by atoms with Gasteiger partial charge in [0, 0.05) is 13.0 Å². The number of likely N-dealkylation sites (tertiary alicyclic amines) is 1. The first-order valence-corrected chi connectivity index (χ1v) is 7.46. The van der Waals surface area contributed by atoms with Crippen molar-refractivity contribution in [3.63, 3.8) is 0 Å². The lowest BCUT2D eigenvalue weighted by Crippen LogP contribution is -2.30. The predicted octanol–water partition coefficient (Wildman–Crippen LogP) is 2.64. The van der Waals surface area contributed by atoms with Gasteiger partial charge in [-0.1, -0.05) is 26.0 Å². The molecule has 1 heterocycles. The zero-order chi connectivity index (χ0) is 15.2. The lowest BCUT2D eigenvalue weighted by atomic mass is 9.95. The molecule has 4 heteroatoms. The van der Waals surface area contributed by atoms with Crippen LogP contribution in [0, 0.1) is 23.2 Å². The van der Waals surface area contributed by atoms with Crippen molar-refractivity contribution >= 4 is 5.91 Å². The Morgan fingerprint density at radius 3 is 2.67 bits per heavy atom. The fourth-order valence-corrected chi connectivity index (χ4v) is 2.53. The highest BCUT2D eigenvalue weighted by Gasteiger charge is 2.30. The van der Waals surface area contributed by atoms with Gasteiger partial charge in [-0.3, -0.25) is 4.79 Å². The molecule has 0 radical (unpaired) electrons. The monoisotopic (exact) mass is 286 g/mol. The molecular weight excluding hydrogens is 264 g/mol.